The van der Waals surface area contributed by atoms with Crippen molar-refractivity contribution in [3.05, 3.63) is 60.4 Å². The molecule has 1 aromatic carbocycles. The number of piperidine rings is 1. The number of pyridine rings is 1. The van der Waals surface area contributed by atoms with Crippen LogP contribution >= 0.6 is 0 Å². The zero-order chi connectivity index (χ0) is 21.0. The molecule has 2 aromatic rings. The fourth-order valence-corrected chi connectivity index (χ4v) is 5.90. The molecule has 2 fully saturated rings. The monoisotopic (exact) mass is 428 g/mol. The number of amides is 1. The summed E-state index contributed by atoms with van der Waals surface area (Å²) in [6.07, 6.45) is 4.03. The summed E-state index contributed by atoms with van der Waals surface area (Å²) >= 11 is 0. The molecule has 2 aliphatic heterocycles. The highest BCUT2D eigenvalue weighted by molar-refractivity contribution is 7.89. The molecule has 0 N–H and O–H groups in total. The van der Waals surface area contributed by atoms with Crippen molar-refractivity contribution < 1.29 is 13.2 Å². The van der Waals surface area contributed by atoms with Gasteiger partial charge in [-0.2, -0.15) is 4.31 Å². The number of piperazine rings is 1. The highest BCUT2D eigenvalue weighted by Crippen LogP contribution is 2.27. The number of aromatic nitrogens is 1. The van der Waals surface area contributed by atoms with E-state index in [4.69, 9.17) is 0 Å². The van der Waals surface area contributed by atoms with E-state index in [-0.39, 0.29) is 10.8 Å². The lowest BCUT2D eigenvalue weighted by atomic mass is 10.0. The molecule has 0 radical (unpaired) electrons. The Hall–Kier alpha value is -2.29. The number of hydrogen-bond acceptors (Lipinski definition) is 5. The van der Waals surface area contributed by atoms with E-state index < -0.39 is 16.1 Å². The van der Waals surface area contributed by atoms with E-state index in [0.717, 1.165) is 38.2 Å². The lowest BCUT2D eigenvalue weighted by molar-refractivity contribution is -0.138. The molecule has 30 heavy (non-hydrogen) atoms. The molecule has 1 aromatic heterocycles. The Morgan fingerprint density at radius 2 is 1.67 bits per heavy atom. The van der Waals surface area contributed by atoms with Gasteiger partial charge in [0, 0.05) is 45.5 Å². The number of sulfonamides is 1. The number of hydrogen-bond donors (Lipinski definition) is 0. The van der Waals surface area contributed by atoms with Crippen molar-refractivity contribution in [2.24, 2.45) is 0 Å². The molecule has 2 saturated heterocycles. The maximum Gasteiger partial charge on any atom is 0.243 e. The van der Waals surface area contributed by atoms with Crippen LogP contribution in [0.5, 0.6) is 0 Å². The van der Waals surface area contributed by atoms with Gasteiger partial charge in [-0.3, -0.25) is 14.7 Å². The fraction of sp³-hybridized carbons (Fsp3) is 0.455. The molecule has 4 rings (SSSR count). The highest BCUT2D eigenvalue weighted by atomic mass is 32.2. The third kappa shape index (κ3) is 4.55. The predicted molar refractivity (Wildman–Crippen MR) is 114 cm³/mol. The van der Waals surface area contributed by atoms with E-state index >= 15 is 0 Å². The fourth-order valence-electron chi connectivity index (χ4n) is 4.23. The van der Waals surface area contributed by atoms with Gasteiger partial charge in [-0.05, 0) is 37.1 Å². The summed E-state index contributed by atoms with van der Waals surface area (Å²) in [5.41, 5.74) is 1.02. The van der Waals surface area contributed by atoms with Crippen molar-refractivity contribution in [2.45, 2.75) is 36.7 Å². The zero-order valence-electron chi connectivity index (χ0n) is 17.1. The second kappa shape index (κ2) is 9.24. The van der Waals surface area contributed by atoms with Gasteiger partial charge in [-0.1, -0.05) is 30.7 Å². The first-order valence-electron chi connectivity index (χ1n) is 10.5. The van der Waals surface area contributed by atoms with Crippen molar-refractivity contribution in [1.29, 1.82) is 0 Å². The van der Waals surface area contributed by atoms with Gasteiger partial charge < -0.3 is 4.90 Å². The van der Waals surface area contributed by atoms with Gasteiger partial charge in [0.05, 0.1) is 10.6 Å². The van der Waals surface area contributed by atoms with Crippen molar-refractivity contribution in [1.82, 2.24) is 19.1 Å². The van der Waals surface area contributed by atoms with Gasteiger partial charge in [0.15, 0.2) is 0 Å². The van der Waals surface area contributed by atoms with Gasteiger partial charge in [0.25, 0.3) is 0 Å². The average Bonchev–Trinajstić information content (AvgIpc) is 2.80. The van der Waals surface area contributed by atoms with E-state index in [9.17, 15) is 13.2 Å². The molecular formula is C22H28N4O3S. The normalized spacial score (nSPS) is 21.5. The quantitative estimate of drug-likeness (QED) is 0.728. The van der Waals surface area contributed by atoms with Gasteiger partial charge >= 0.3 is 0 Å². The van der Waals surface area contributed by atoms with Crippen molar-refractivity contribution in [3.63, 3.8) is 0 Å². The summed E-state index contributed by atoms with van der Waals surface area (Å²) in [6, 6.07) is 13.7. The summed E-state index contributed by atoms with van der Waals surface area (Å²) < 4.78 is 27.8. The van der Waals surface area contributed by atoms with Crippen molar-refractivity contribution >= 4 is 15.9 Å². The minimum atomic E-state index is -3.68. The van der Waals surface area contributed by atoms with Gasteiger partial charge in [-0.15, -0.1) is 0 Å². The number of carbonyl (C=O) groups is 1. The van der Waals surface area contributed by atoms with Crippen LogP contribution in [-0.4, -0.2) is 72.2 Å². The van der Waals surface area contributed by atoms with E-state index in [1.807, 2.05) is 23.1 Å². The van der Waals surface area contributed by atoms with Crippen LogP contribution in [0.3, 0.4) is 0 Å². The zero-order valence-corrected chi connectivity index (χ0v) is 17.9. The lowest BCUT2D eigenvalue weighted by Crippen LogP contribution is -2.56. The minimum absolute atomic E-state index is 0.0632. The second-order valence-corrected chi connectivity index (χ2v) is 9.75. The first-order valence-corrected chi connectivity index (χ1v) is 12.0. The van der Waals surface area contributed by atoms with Crippen LogP contribution in [0.15, 0.2) is 59.6 Å². The Balaban J connectivity index is 1.42. The highest BCUT2D eigenvalue weighted by Gasteiger charge is 2.39. The number of carbonyl (C=O) groups excluding carboxylic acids is 1. The molecule has 1 atom stereocenters. The smallest absolute Gasteiger partial charge is 0.243 e. The molecule has 0 aliphatic carbocycles. The maximum atomic E-state index is 13.3. The first-order chi connectivity index (χ1) is 14.6. The Kier molecular flexibility index (Phi) is 6.46. The Bertz CT molecular complexity index is 945. The SMILES string of the molecule is O=C(C1CCCCN1S(=O)(=O)c1ccccc1)N1CCN(Cc2ccccn2)CC1. The van der Waals surface area contributed by atoms with Crippen LogP contribution in [0, 0.1) is 0 Å². The Morgan fingerprint density at radius 1 is 0.933 bits per heavy atom. The van der Waals surface area contributed by atoms with Crippen LogP contribution in [0.4, 0.5) is 0 Å². The van der Waals surface area contributed by atoms with Crippen LogP contribution in [-0.2, 0) is 21.4 Å². The van der Waals surface area contributed by atoms with Crippen LogP contribution in [0.2, 0.25) is 0 Å². The molecule has 1 unspecified atom stereocenters. The standard InChI is InChI=1S/C22H28N4O3S/c27-22(25-16-14-24(15-17-25)18-19-8-4-6-12-23-19)21-11-5-7-13-26(21)30(28,29)20-9-2-1-3-10-20/h1-4,6,8-10,12,21H,5,7,11,13-18H2. The third-order valence-corrected chi connectivity index (χ3v) is 7.81. The van der Waals surface area contributed by atoms with Crippen LogP contribution in [0.25, 0.3) is 0 Å². The molecular weight excluding hydrogens is 400 g/mol. The van der Waals surface area contributed by atoms with Crippen molar-refractivity contribution in [2.75, 3.05) is 32.7 Å². The third-order valence-electron chi connectivity index (χ3n) is 5.88. The summed E-state index contributed by atoms with van der Waals surface area (Å²) in [5, 5.41) is 0. The number of benzene rings is 1. The summed E-state index contributed by atoms with van der Waals surface area (Å²) in [7, 11) is -3.68. The first kappa shape index (κ1) is 21.0. The van der Waals surface area contributed by atoms with Gasteiger partial charge in [0.1, 0.15) is 6.04 Å². The average molecular weight is 429 g/mol. The molecule has 0 bridgehead atoms. The maximum absolute atomic E-state index is 13.3. The molecule has 7 nitrogen and oxygen atoms in total. The second-order valence-electron chi connectivity index (χ2n) is 7.86. The van der Waals surface area contributed by atoms with E-state index in [2.05, 4.69) is 9.88 Å². The number of rotatable bonds is 5. The molecule has 0 saturated carbocycles. The predicted octanol–water partition coefficient (Wildman–Crippen LogP) is 1.97. The Morgan fingerprint density at radius 3 is 2.37 bits per heavy atom. The van der Waals surface area contributed by atoms with E-state index in [0.29, 0.717) is 26.1 Å². The Labute approximate surface area is 178 Å². The molecule has 0 spiro atoms. The molecule has 1 amide bonds. The molecule has 2 aliphatic rings. The minimum Gasteiger partial charge on any atom is -0.339 e. The largest absolute Gasteiger partial charge is 0.339 e. The summed E-state index contributed by atoms with van der Waals surface area (Å²) in [4.78, 5) is 22.0. The molecule has 160 valence electrons. The summed E-state index contributed by atoms with van der Waals surface area (Å²) in [6.45, 7) is 3.91. The van der Waals surface area contributed by atoms with Crippen LogP contribution < -0.4 is 0 Å². The molecule has 3 heterocycles. The molecule has 8 heteroatoms. The van der Waals surface area contributed by atoms with Gasteiger partial charge in [-0.25, -0.2) is 8.42 Å². The van der Waals surface area contributed by atoms with Crippen molar-refractivity contribution in [3.8, 4) is 0 Å². The topological polar surface area (TPSA) is 73.8 Å². The van der Waals surface area contributed by atoms with Gasteiger partial charge in [0.2, 0.25) is 15.9 Å². The van der Waals surface area contributed by atoms with Crippen LogP contribution in [0.1, 0.15) is 25.0 Å². The lowest BCUT2D eigenvalue weighted by Gasteiger charge is -2.40. The number of nitrogens with zero attached hydrogens (tertiary/aromatic N) is 4. The summed E-state index contributed by atoms with van der Waals surface area (Å²) in [5.74, 6) is -0.0632. The van der Waals surface area contributed by atoms with E-state index in [1.165, 1.54) is 4.31 Å². The van der Waals surface area contributed by atoms with E-state index in [1.54, 1.807) is 36.5 Å².